The van der Waals surface area contributed by atoms with Crippen molar-refractivity contribution in [3.63, 3.8) is 0 Å². The quantitative estimate of drug-likeness (QED) is 0.569. The Kier molecular flexibility index (Phi) is 4.43. The van der Waals surface area contributed by atoms with Gasteiger partial charge in [-0.05, 0) is 58.9 Å². The largest absolute Gasteiger partial charge is 0.497 e. The molecule has 3 nitrogen and oxygen atoms in total. The summed E-state index contributed by atoms with van der Waals surface area (Å²) in [5, 5.41) is 1.32. The predicted molar refractivity (Wildman–Crippen MR) is 99.6 cm³/mol. The molecule has 1 aromatic carbocycles. The monoisotopic (exact) mass is 382 g/mol. The van der Waals surface area contributed by atoms with Crippen LogP contribution in [0.25, 0.3) is 0 Å². The maximum absolute atomic E-state index is 5.31. The molecule has 0 fully saturated rings. The number of rotatable bonds is 2. The summed E-state index contributed by atoms with van der Waals surface area (Å²) in [6.07, 6.45) is 4.47. The van der Waals surface area contributed by atoms with E-state index in [0.717, 1.165) is 5.75 Å². The Balaban J connectivity index is 2.55. The van der Waals surface area contributed by atoms with E-state index >= 15 is 0 Å². The van der Waals surface area contributed by atoms with E-state index in [9.17, 15) is 0 Å². The zero-order chi connectivity index (χ0) is 16.8. The number of ether oxygens (including phenoxy) is 1. The van der Waals surface area contributed by atoms with Crippen molar-refractivity contribution in [3.05, 3.63) is 36.7 Å². The minimum absolute atomic E-state index is 0.0478. The lowest BCUT2D eigenvalue weighted by atomic mass is 10.1. The van der Waals surface area contributed by atoms with Crippen LogP contribution in [-0.2, 0) is 0 Å². The maximum atomic E-state index is 5.31. The minimum Gasteiger partial charge on any atom is -0.497 e. The van der Waals surface area contributed by atoms with Gasteiger partial charge in [-0.1, -0.05) is 27.4 Å². The van der Waals surface area contributed by atoms with Gasteiger partial charge in [-0.2, -0.15) is 0 Å². The van der Waals surface area contributed by atoms with E-state index in [0.29, 0.717) is 0 Å². The molecule has 1 aliphatic rings. The average Bonchev–Trinajstić information content (AvgIpc) is 2.77. The molecule has 0 atom stereocenters. The third kappa shape index (κ3) is 2.93. The van der Waals surface area contributed by atoms with E-state index in [-0.39, 0.29) is 11.1 Å². The molecule has 2 rings (SSSR count). The second-order valence-electron chi connectivity index (χ2n) is 7.70. The molecule has 0 saturated heterocycles. The second kappa shape index (κ2) is 5.60. The number of halogens is 1. The molecule has 1 aliphatic heterocycles. The topological polar surface area (TPSA) is 15.7 Å². The number of hydrogen-bond acceptors (Lipinski definition) is 3. The van der Waals surface area contributed by atoms with Crippen LogP contribution in [0.5, 0.6) is 5.75 Å². The molecule has 0 unspecified atom stereocenters. The zero-order valence-corrected chi connectivity index (χ0v) is 17.2. The fourth-order valence-electron chi connectivity index (χ4n) is 2.86. The lowest BCUT2D eigenvalue weighted by molar-refractivity contribution is 0.282. The van der Waals surface area contributed by atoms with Crippen LogP contribution in [0, 0.1) is 0 Å². The number of methoxy groups -OCH3 is 1. The summed E-state index contributed by atoms with van der Waals surface area (Å²) in [5.41, 5.74) is 0.0955. The van der Waals surface area contributed by atoms with E-state index in [1.54, 1.807) is 7.11 Å². The molecule has 0 amide bonds. The maximum Gasteiger partial charge on any atom is 0.372 e. The Bertz CT molecular complexity index is 534. The Morgan fingerprint density at radius 2 is 1.27 bits per heavy atom. The SMILES string of the molecule is COc1ccc([Si]2(Br)N(C(C)(C)C)C=CN2C(C)(C)C)cc1. The molecular formula is C17H27BrN2OSi. The van der Waals surface area contributed by atoms with Gasteiger partial charge in [-0.3, -0.25) is 0 Å². The smallest absolute Gasteiger partial charge is 0.372 e. The normalized spacial score (nSPS) is 18.0. The summed E-state index contributed by atoms with van der Waals surface area (Å²) in [7, 11) is -0.510. The summed E-state index contributed by atoms with van der Waals surface area (Å²) in [4.78, 5) is 0. The highest BCUT2D eigenvalue weighted by Gasteiger charge is 2.54. The third-order valence-corrected chi connectivity index (χ3v) is 11.6. The van der Waals surface area contributed by atoms with E-state index in [4.69, 9.17) is 4.74 Å². The summed E-state index contributed by atoms with van der Waals surface area (Å²) in [5.74, 6) is 0.893. The van der Waals surface area contributed by atoms with Gasteiger partial charge in [0.05, 0.1) is 7.11 Å². The van der Waals surface area contributed by atoms with Gasteiger partial charge in [0, 0.05) is 23.5 Å². The van der Waals surface area contributed by atoms with Gasteiger partial charge < -0.3 is 13.9 Å². The molecule has 0 aromatic heterocycles. The Labute approximate surface area is 143 Å². The number of nitrogens with zero attached hydrogens (tertiary/aromatic N) is 2. The third-order valence-electron chi connectivity index (χ3n) is 3.91. The minimum atomic E-state index is -2.22. The van der Waals surface area contributed by atoms with Gasteiger partial charge in [0.15, 0.2) is 0 Å². The van der Waals surface area contributed by atoms with Crippen LogP contribution in [0.3, 0.4) is 0 Å². The van der Waals surface area contributed by atoms with Crippen molar-refractivity contribution in [1.82, 2.24) is 9.13 Å². The van der Waals surface area contributed by atoms with Crippen molar-refractivity contribution in [2.45, 2.75) is 52.6 Å². The fraction of sp³-hybridized carbons (Fsp3) is 0.529. The number of benzene rings is 1. The second-order valence-corrected chi connectivity index (χ2v) is 13.7. The van der Waals surface area contributed by atoms with Crippen molar-refractivity contribution in [3.8, 4) is 5.75 Å². The van der Waals surface area contributed by atoms with E-state index in [1.807, 2.05) is 12.1 Å². The van der Waals surface area contributed by atoms with Crippen molar-refractivity contribution in [2.24, 2.45) is 0 Å². The van der Waals surface area contributed by atoms with Crippen LogP contribution >= 0.6 is 15.3 Å². The fourth-order valence-corrected chi connectivity index (χ4v) is 11.2. The van der Waals surface area contributed by atoms with Crippen LogP contribution in [0.15, 0.2) is 36.7 Å². The molecule has 1 aromatic rings. The van der Waals surface area contributed by atoms with Crippen molar-refractivity contribution >= 4 is 27.5 Å². The van der Waals surface area contributed by atoms with Gasteiger partial charge in [0.1, 0.15) is 5.75 Å². The van der Waals surface area contributed by atoms with Crippen molar-refractivity contribution < 1.29 is 4.74 Å². The van der Waals surface area contributed by atoms with Gasteiger partial charge >= 0.3 is 7.02 Å². The van der Waals surface area contributed by atoms with Crippen LogP contribution in [0.4, 0.5) is 0 Å². The van der Waals surface area contributed by atoms with Gasteiger partial charge in [0.25, 0.3) is 0 Å². The van der Waals surface area contributed by atoms with Gasteiger partial charge in [-0.25, -0.2) is 0 Å². The lowest BCUT2D eigenvalue weighted by Gasteiger charge is -2.49. The molecule has 5 heteroatoms. The summed E-state index contributed by atoms with van der Waals surface area (Å²) in [6.45, 7) is 13.6. The van der Waals surface area contributed by atoms with Crippen LogP contribution in [0.2, 0.25) is 0 Å². The summed E-state index contributed by atoms with van der Waals surface area (Å²) >= 11 is 4.19. The molecule has 0 saturated carbocycles. The van der Waals surface area contributed by atoms with Gasteiger partial charge in [-0.15, -0.1) is 0 Å². The lowest BCUT2D eigenvalue weighted by Crippen LogP contribution is -2.70. The average molecular weight is 383 g/mol. The van der Waals surface area contributed by atoms with Gasteiger partial charge in [0.2, 0.25) is 0 Å². The molecule has 0 aliphatic carbocycles. The van der Waals surface area contributed by atoms with Crippen LogP contribution in [-0.4, -0.2) is 34.3 Å². The highest BCUT2D eigenvalue weighted by molar-refractivity contribution is 9.26. The van der Waals surface area contributed by atoms with Crippen molar-refractivity contribution in [1.29, 1.82) is 0 Å². The van der Waals surface area contributed by atoms with Crippen molar-refractivity contribution in [2.75, 3.05) is 7.11 Å². The molecular weight excluding hydrogens is 356 g/mol. The van der Waals surface area contributed by atoms with E-state index in [1.165, 1.54) is 5.19 Å². The zero-order valence-electron chi connectivity index (χ0n) is 14.6. The highest BCUT2D eigenvalue weighted by Crippen LogP contribution is 2.39. The first-order valence-corrected chi connectivity index (χ1v) is 11.8. The first-order valence-electron chi connectivity index (χ1n) is 7.62. The molecule has 0 radical (unpaired) electrons. The molecule has 122 valence electrons. The van der Waals surface area contributed by atoms with E-state index in [2.05, 4.69) is 90.5 Å². The molecule has 1 heterocycles. The predicted octanol–water partition coefficient (Wildman–Crippen LogP) is 3.92. The molecule has 0 spiro atoms. The molecule has 0 bridgehead atoms. The molecule has 0 N–H and O–H groups in total. The standard InChI is InChI=1S/C17H27BrN2OSi/c1-16(2,3)19-12-13-20(17(4,5)6)22(19,18)15-10-8-14(21-7)9-11-15/h8-13H,1-7H3. The summed E-state index contributed by atoms with van der Waals surface area (Å²) < 4.78 is 10.3. The molecule has 22 heavy (non-hydrogen) atoms. The van der Waals surface area contributed by atoms with Crippen LogP contribution in [0.1, 0.15) is 41.5 Å². The Morgan fingerprint density at radius 3 is 1.59 bits per heavy atom. The Morgan fingerprint density at radius 1 is 0.864 bits per heavy atom. The first-order chi connectivity index (χ1) is 10.0. The first kappa shape index (κ1) is 17.4. The Hall–Kier alpha value is -0.943. The number of hydrogen-bond donors (Lipinski definition) is 0. The highest BCUT2D eigenvalue weighted by atomic mass is 79.9. The summed E-state index contributed by atoms with van der Waals surface area (Å²) in [6, 6.07) is 8.46. The van der Waals surface area contributed by atoms with Crippen LogP contribution < -0.4 is 9.92 Å². The van der Waals surface area contributed by atoms with E-state index < -0.39 is 7.02 Å².